The Kier molecular flexibility index (Phi) is 5.85. The summed E-state index contributed by atoms with van der Waals surface area (Å²) in [4.78, 5) is 54.6. The number of hydrogen-bond donors (Lipinski definition) is 2. The smallest absolute Gasteiger partial charge is 0.358 e. The summed E-state index contributed by atoms with van der Waals surface area (Å²) in [6.07, 6.45) is 0.578. The molecule has 0 amide bonds. The molecule has 0 unspecified atom stereocenters. The van der Waals surface area contributed by atoms with Gasteiger partial charge in [0.1, 0.15) is 16.4 Å². The Labute approximate surface area is 166 Å². The molecule has 0 radical (unpaired) electrons. The van der Waals surface area contributed by atoms with Crippen LogP contribution in [0, 0.1) is 0 Å². The van der Waals surface area contributed by atoms with E-state index in [9.17, 15) is 19.2 Å². The third-order valence-corrected chi connectivity index (χ3v) is 5.36. The summed E-state index contributed by atoms with van der Waals surface area (Å²) in [5.41, 5.74) is 4.77. The zero-order valence-electron chi connectivity index (χ0n) is 14.8. The highest BCUT2D eigenvalue weighted by molar-refractivity contribution is 7.14. The molecule has 0 aliphatic carbocycles. The lowest BCUT2D eigenvalue weighted by molar-refractivity contribution is 0.0469. The van der Waals surface area contributed by atoms with Crippen molar-refractivity contribution >= 4 is 40.2 Å². The number of carbonyl (C=O) groups excluding carboxylic acids is 2. The van der Waals surface area contributed by atoms with Crippen LogP contribution in [0.1, 0.15) is 34.2 Å². The third-order valence-electron chi connectivity index (χ3n) is 3.78. The van der Waals surface area contributed by atoms with Gasteiger partial charge in [-0.25, -0.2) is 14.6 Å². The molecule has 9 nitrogen and oxygen atoms in total. The Hall–Kier alpha value is -3.05. The van der Waals surface area contributed by atoms with Crippen LogP contribution >= 0.6 is 22.7 Å². The van der Waals surface area contributed by atoms with Gasteiger partial charge in [0.25, 0.3) is 5.56 Å². The van der Waals surface area contributed by atoms with E-state index in [1.54, 1.807) is 0 Å². The topological polar surface area (TPSA) is 137 Å². The summed E-state index contributed by atoms with van der Waals surface area (Å²) < 4.78 is 6.08. The van der Waals surface area contributed by atoms with Crippen molar-refractivity contribution in [1.82, 2.24) is 14.5 Å². The Morgan fingerprint density at radius 2 is 2.11 bits per heavy atom. The van der Waals surface area contributed by atoms with Gasteiger partial charge in [-0.3, -0.25) is 19.1 Å². The average Bonchev–Trinajstić information content (AvgIpc) is 3.34. The number of aromatic amines is 1. The molecule has 3 N–H and O–H groups in total. The lowest BCUT2D eigenvalue weighted by atomic mass is 10.2. The molecule has 11 heteroatoms. The summed E-state index contributed by atoms with van der Waals surface area (Å²) in [6.45, 7) is 1.37. The van der Waals surface area contributed by atoms with Crippen molar-refractivity contribution in [3.8, 4) is 10.6 Å². The molecular weight excluding hydrogens is 404 g/mol. The number of thiophene rings is 1. The van der Waals surface area contributed by atoms with Crippen molar-refractivity contribution in [2.75, 3.05) is 12.3 Å². The number of ether oxygens (including phenoxy) is 1. The molecule has 3 aromatic rings. The zero-order chi connectivity index (χ0) is 20.3. The molecule has 28 heavy (non-hydrogen) atoms. The van der Waals surface area contributed by atoms with Crippen molar-refractivity contribution < 1.29 is 14.3 Å². The number of aromatic nitrogens is 3. The molecule has 0 bridgehead atoms. The molecule has 0 spiro atoms. The number of hydrogen-bond acceptors (Lipinski definition) is 9. The fourth-order valence-corrected chi connectivity index (χ4v) is 3.97. The molecule has 0 aliphatic rings. The van der Waals surface area contributed by atoms with E-state index in [0.29, 0.717) is 11.4 Å². The molecule has 0 aliphatic heterocycles. The third kappa shape index (κ3) is 3.94. The first-order valence-corrected chi connectivity index (χ1v) is 10.1. The van der Waals surface area contributed by atoms with Crippen LogP contribution in [0.25, 0.3) is 10.6 Å². The minimum atomic E-state index is -0.913. The lowest BCUT2D eigenvalue weighted by Crippen LogP contribution is -2.37. The predicted molar refractivity (Wildman–Crippen MR) is 106 cm³/mol. The van der Waals surface area contributed by atoms with Gasteiger partial charge in [-0.15, -0.1) is 11.3 Å². The van der Waals surface area contributed by atoms with Crippen LogP contribution in [0.2, 0.25) is 0 Å². The van der Waals surface area contributed by atoms with Crippen LogP contribution in [-0.2, 0) is 11.3 Å². The number of ketones is 1. The van der Waals surface area contributed by atoms with Crippen molar-refractivity contribution in [2.45, 2.75) is 19.9 Å². The van der Waals surface area contributed by atoms with Gasteiger partial charge in [0.15, 0.2) is 12.3 Å². The average molecular weight is 420 g/mol. The van der Waals surface area contributed by atoms with E-state index in [1.165, 1.54) is 28.1 Å². The Balaban J connectivity index is 1.74. The number of nitrogens with two attached hydrogens (primary N) is 1. The first-order chi connectivity index (χ1) is 13.4. The number of carbonyl (C=O) groups is 2. The van der Waals surface area contributed by atoms with Gasteiger partial charge < -0.3 is 10.5 Å². The second-order valence-electron chi connectivity index (χ2n) is 5.72. The molecule has 146 valence electrons. The second kappa shape index (κ2) is 8.31. The molecule has 0 aromatic carbocycles. The van der Waals surface area contributed by atoms with E-state index in [4.69, 9.17) is 10.5 Å². The summed E-state index contributed by atoms with van der Waals surface area (Å²) in [7, 11) is 0. The summed E-state index contributed by atoms with van der Waals surface area (Å²) in [6, 6.07) is 1.88. The van der Waals surface area contributed by atoms with E-state index in [0.717, 1.165) is 10.1 Å². The fourth-order valence-electron chi connectivity index (χ4n) is 2.47. The SMILES string of the molecule is CCCn1c(N)c(C(=O)COC(=O)c2csc(-c3ccsc3)n2)c(=O)[nH]c1=O. The van der Waals surface area contributed by atoms with Gasteiger partial charge in [-0.1, -0.05) is 6.92 Å². The zero-order valence-corrected chi connectivity index (χ0v) is 16.4. The van der Waals surface area contributed by atoms with Crippen molar-refractivity contribution in [3.05, 3.63) is 54.3 Å². The molecule has 0 saturated heterocycles. The number of nitrogens with zero attached hydrogens (tertiary/aromatic N) is 2. The van der Waals surface area contributed by atoms with E-state index in [-0.39, 0.29) is 18.1 Å². The Morgan fingerprint density at radius 1 is 1.32 bits per heavy atom. The molecule has 3 rings (SSSR count). The molecule has 0 fully saturated rings. The normalized spacial score (nSPS) is 10.8. The van der Waals surface area contributed by atoms with Crippen LogP contribution in [0.5, 0.6) is 0 Å². The van der Waals surface area contributed by atoms with Crippen molar-refractivity contribution in [2.24, 2.45) is 0 Å². The molecule has 3 heterocycles. The van der Waals surface area contributed by atoms with Crippen LogP contribution in [0.3, 0.4) is 0 Å². The maximum Gasteiger partial charge on any atom is 0.358 e. The van der Waals surface area contributed by atoms with Gasteiger partial charge in [0, 0.05) is 22.9 Å². The number of nitrogen functional groups attached to an aromatic ring is 1. The number of Topliss-reactive ketones (excluding diaryl/α,β-unsaturated/α-hetero) is 1. The van der Waals surface area contributed by atoms with Crippen molar-refractivity contribution in [1.29, 1.82) is 0 Å². The number of esters is 1. The van der Waals surface area contributed by atoms with Crippen molar-refractivity contribution in [3.63, 3.8) is 0 Å². The fraction of sp³-hybridized carbons (Fsp3) is 0.235. The number of H-pyrrole nitrogens is 1. The van der Waals surface area contributed by atoms with E-state index in [1.807, 2.05) is 23.8 Å². The van der Waals surface area contributed by atoms with Gasteiger partial charge in [0.05, 0.1) is 0 Å². The Bertz CT molecular complexity index is 1130. The largest absolute Gasteiger partial charge is 0.453 e. The van der Waals surface area contributed by atoms with Crippen LogP contribution in [0.15, 0.2) is 31.8 Å². The van der Waals surface area contributed by atoms with E-state index in [2.05, 4.69) is 9.97 Å². The maximum atomic E-state index is 12.4. The summed E-state index contributed by atoms with van der Waals surface area (Å²) in [5.74, 6) is -1.83. The number of rotatable bonds is 7. The molecule has 3 aromatic heterocycles. The van der Waals surface area contributed by atoms with E-state index < -0.39 is 35.2 Å². The monoisotopic (exact) mass is 420 g/mol. The van der Waals surface area contributed by atoms with Gasteiger partial charge in [-0.05, 0) is 17.9 Å². The first kappa shape index (κ1) is 19.7. The summed E-state index contributed by atoms with van der Waals surface area (Å²) >= 11 is 2.79. The summed E-state index contributed by atoms with van der Waals surface area (Å²) in [5, 5.41) is 5.99. The quantitative estimate of drug-likeness (QED) is 0.439. The van der Waals surface area contributed by atoms with Crippen LogP contribution in [-0.4, -0.2) is 32.9 Å². The molecule has 0 saturated carbocycles. The van der Waals surface area contributed by atoms with Gasteiger partial charge >= 0.3 is 11.7 Å². The minimum absolute atomic E-state index is 0.0665. The maximum absolute atomic E-state index is 12.4. The second-order valence-corrected chi connectivity index (χ2v) is 7.36. The lowest BCUT2D eigenvalue weighted by Gasteiger charge is -2.11. The van der Waals surface area contributed by atoms with Crippen LogP contribution < -0.4 is 17.0 Å². The molecular formula is C17H16N4O5S2. The van der Waals surface area contributed by atoms with Gasteiger partial charge in [0.2, 0.25) is 5.78 Å². The first-order valence-electron chi connectivity index (χ1n) is 8.23. The highest BCUT2D eigenvalue weighted by Gasteiger charge is 2.21. The molecule has 0 atom stereocenters. The van der Waals surface area contributed by atoms with E-state index >= 15 is 0 Å². The highest BCUT2D eigenvalue weighted by Crippen LogP contribution is 2.25. The standard InChI is InChI=1S/C17H16N4O5S2/c1-2-4-21-13(18)12(14(23)20-17(21)25)11(22)6-26-16(24)10-8-28-15(19-10)9-3-5-27-7-9/h3,5,7-8H,2,4,6,18H2,1H3,(H,20,23,25). The predicted octanol–water partition coefficient (Wildman–Crippen LogP) is 1.75. The highest BCUT2D eigenvalue weighted by atomic mass is 32.1. The number of thiazole rings is 1. The number of nitrogens with one attached hydrogen (secondary N) is 1. The number of anilines is 1. The van der Waals surface area contributed by atoms with Crippen LogP contribution in [0.4, 0.5) is 5.82 Å². The minimum Gasteiger partial charge on any atom is -0.453 e. The van der Waals surface area contributed by atoms with Gasteiger partial charge in [-0.2, -0.15) is 11.3 Å². The Morgan fingerprint density at radius 3 is 2.79 bits per heavy atom.